The quantitative estimate of drug-likeness (QED) is 0.164. The van der Waals surface area contributed by atoms with Crippen LogP contribution in [0.1, 0.15) is 69.4 Å². The predicted octanol–water partition coefficient (Wildman–Crippen LogP) is 3.23. The molecule has 0 radical (unpaired) electrons. The Bertz CT molecular complexity index is 1230. The highest BCUT2D eigenvalue weighted by molar-refractivity contribution is 6.03. The van der Waals surface area contributed by atoms with Crippen molar-refractivity contribution in [3.05, 3.63) is 65.7 Å². The SMILES string of the molecule is Cc1ccc(NC(=O)[C@H](CCCCN)NC(=O)[C@H](Cc2ccccc2)NC(=O)CCCCCN2C(=O)CC(C)C2=O)cc1. The van der Waals surface area contributed by atoms with Gasteiger partial charge in [0.05, 0.1) is 0 Å². The maximum absolute atomic E-state index is 13.5. The van der Waals surface area contributed by atoms with Crippen LogP contribution in [0.25, 0.3) is 0 Å². The van der Waals surface area contributed by atoms with Crippen molar-refractivity contribution in [1.29, 1.82) is 0 Å². The van der Waals surface area contributed by atoms with Gasteiger partial charge in [-0.25, -0.2) is 0 Å². The molecule has 1 fully saturated rings. The standard InChI is InChI=1S/C33H45N5O5/c1-23-15-17-26(18-16-23)35-31(41)27(13-8-9-19-34)37-32(42)28(22-25-11-5-3-6-12-25)36-29(39)14-7-4-10-20-38-30(40)21-24(2)33(38)43/h3,5-6,11-12,15-18,24,27-28H,4,7-10,13-14,19-22,34H2,1-2H3,(H,35,41)(H,36,39)(H,37,42)/t24?,27-,28-/m0/s1. The van der Waals surface area contributed by atoms with Crippen molar-refractivity contribution in [3.63, 3.8) is 0 Å². The van der Waals surface area contributed by atoms with Crippen molar-refractivity contribution in [1.82, 2.24) is 15.5 Å². The van der Waals surface area contributed by atoms with Crippen LogP contribution in [0.15, 0.2) is 54.6 Å². The Balaban J connectivity index is 1.59. The lowest BCUT2D eigenvalue weighted by Gasteiger charge is -2.23. The molecule has 10 heteroatoms. The van der Waals surface area contributed by atoms with Crippen molar-refractivity contribution in [3.8, 4) is 0 Å². The number of benzene rings is 2. The maximum Gasteiger partial charge on any atom is 0.246 e. The molecule has 0 saturated carbocycles. The molecule has 1 aliphatic rings. The van der Waals surface area contributed by atoms with Crippen LogP contribution in [-0.2, 0) is 30.4 Å². The maximum atomic E-state index is 13.5. The molecule has 232 valence electrons. The third-order valence-corrected chi connectivity index (χ3v) is 7.59. The van der Waals surface area contributed by atoms with Crippen molar-refractivity contribution in [2.45, 2.75) is 83.7 Å². The summed E-state index contributed by atoms with van der Waals surface area (Å²) in [5.74, 6) is -1.58. The molecule has 5 N–H and O–H groups in total. The van der Waals surface area contributed by atoms with Crippen LogP contribution < -0.4 is 21.7 Å². The van der Waals surface area contributed by atoms with Gasteiger partial charge in [-0.05, 0) is 63.3 Å². The van der Waals surface area contributed by atoms with Gasteiger partial charge in [-0.2, -0.15) is 0 Å². The summed E-state index contributed by atoms with van der Waals surface area (Å²) in [5, 5.41) is 8.62. The monoisotopic (exact) mass is 591 g/mol. The Morgan fingerprint density at radius 2 is 1.60 bits per heavy atom. The number of rotatable bonds is 17. The largest absolute Gasteiger partial charge is 0.344 e. The first kappa shape index (κ1) is 33.5. The van der Waals surface area contributed by atoms with E-state index in [4.69, 9.17) is 5.73 Å². The highest BCUT2D eigenvalue weighted by Crippen LogP contribution is 2.19. The predicted molar refractivity (Wildman–Crippen MR) is 166 cm³/mol. The first-order valence-electron chi connectivity index (χ1n) is 15.2. The molecule has 0 spiro atoms. The minimum atomic E-state index is -0.875. The minimum absolute atomic E-state index is 0.133. The third-order valence-electron chi connectivity index (χ3n) is 7.59. The smallest absolute Gasteiger partial charge is 0.246 e. The van der Waals surface area contributed by atoms with E-state index in [1.165, 1.54) is 4.90 Å². The Morgan fingerprint density at radius 1 is 0.884 bits per heavy atom. The van der Waals surface area contributed by atoms with Crippen LogP contribution in [0.4, 0.5) is 5.69 Å². The normalized spacial score (nSPS) is 16.1. The summed E-state index contributed by atoms with van der Waals surface area (Å²) in [7, 11) is 0. The third kappa shape index (κ3) is 10.9. The number of aryl methyl sites for hydroxylation is 1. The summed E-state index contributed by atoms with van der Waals surface area (Å²) in [5.41, 5.74) is 8.24. The van der Waals surface area contributed by atoms with Crippen LogP contribution in [0, 0.1) is 12.8 Å². The zero-order valence-corrected chi connectivity index (χ0v) is 25.3. The molecule has 3 atom stereocenters. The number of carbonyl (C=O) groups excluding carboxylic acids is 5. The van der Waals surface area contributed by atoms with Crippen LogP contribution in [0.5, 0.6) is 0 Å². The summed E-state index contributed by atoms with van der Waals surface area (Å²) in [6.45, 7) is 4.56. The second-order valence-corrected chi connectivity index (χ2v) is 11.3. The van der Waals surface area contributed by atoms with Gasteiger partial charge in [-0.3, -0.25) is 28.9 Å². The van der Waals surface area contributed by atoms with Gasteiger partial charge >= 0.3 is 0 Å². The molecule has 0 bridgehead atoms. The molecule has 1 heterocycles. The fourth-order valence-electron chi connectivity index (χ4n) is 5.04. The average Bonchev–Trinajstić information content (AvgIpc) is 3.23. The lowest BCUT2D eigenvalue weighted by Crippen LogP contribution is -2.53. The number of unbranched alkanes of at least 4 members (excludes halogenated alkanes) is 3. The Morgan fingerprint density at radius 3 is 2.26 bits per heavy atom. The summed E-state index contributed by atoms with van der Waals surface area (Å²) in [4.78, 5) is 65.0. The fraction of sp³-hybridized carbons (Fsp3) is 0.485. The lowest BCUT2D eigenvalue weighted by molar-refractivity contribution is -0.139. The van der Waals surface area contributed by atoms with Gasteiger partial charge in [0.1, 0.15) is 12.1 Å². The first-order chi connectivity index (χ1) is 20.7. The average molecular weight is 592 g/mol. The molecule has 10 nitrogen and oxygen atoms in total. The van der Waals surface area contributed by atoms with E-state index in [9.17, 15) is 24.0 Å². The highest BCUT2D eigenvalue weighted by Gasteiger charge is 2.34. The number of hydrogen-bond acceptors (Lipinski definition) is 6. The van der Waals surface area contributed by atoms with E-state index in [0.29, 0.717) is 57.3 Å². The molecule has 2 aromatic rings. The zero-order valence-electron chi connectivity index (χ0n) is 25.3. The van der Waals surface area contributed by atoms with E-state index < -0.39 is 18.0 Å². The highest BCUT2D eigenvalue weighted by atomic mass is 16.2. The van der Waals surface area contributed by atoms with E-state index in [2.05, 4.69) is 16.0 Å². The van der Waals surface area contributed by atoms with Crippen LogP contribution >= 0.6 is 0 Å². The number of nitrogens with two attached hydrogens (primary N) is 1. The fourth-order valence-corrected chi connectivity index (χ4v) is 5.04. The second-order valence-electron chi connectivity index (χ2n) is 11.3. The van der Waals surface area contributed by atoms with Crippen molar-refractivity contribution < 1.29 is 24.0 Å². The molecule has 2 aromatic carbocycles. The van der Waals surface area contributed by atoms with Gasteiger partial charge in [0.15, 0.2) is 0 Å². The number of carbonyl (C=O) groups is 5. The van der Waals surface area contributed by atoms with Crippen molar-refractivity contribution >= 4 is 35.2 Å². The Hall–Kier alpha value is -4.05. The number of imide groups is 1. The molecule has 3 rings (SSSR count). The summed E-state index contributed by atoms with van der Waals surface area (Å²) in [6, 6.07) is 15.1. The van der Waals surface area contributed by atoms with E-state index in [0.717, 1.165) is 11.1 Å². The Kier molecular flexibility index (Phi) is 13.3. The van der Waals surface area contributed by atoms with Gasteiger partial charge < -0.3 is 21.7 Å². The topological polar surface area (TPSA) is 151 Å². The van der Waals surface area contributed by atoms with Gasteiger partial charge in [0, 0.05) is 37.4 Å². The lowest BCUT2D eigenvalue weighted by atomic mass is 10.0. The van der Waals surface area contributed by atoms with Crippen LogP contribution in [0.3, 0.4) is 0 Å². The van der Waals surface area contributed by atoms with Crippen molar-refractivity contribution in [2.75, 3.05) is 18.4 Å². The molecule has 43 heavy (non-hydrogen) atoms. The number of amides is 5. The first-order valence-corrected chi connectivity index (χ1v) is 15.2. The number of nitrogens with one attached hydrogen (secondary N) is 3. The van der Waals surface area contributed by atoms with E-state index in [1.54, 1.807) is 6.92 Å². The molecule has 0 aromatic heterocycles. The summed E-state index contributed by atoms with van der Waals surface area (Å²) >= 11 is 0. The summed E-state index contributed by atoms with van der Waals surface area (Å²) in [6.07, 6.45) is 4.34. The molecule has 5 amide bonds. The number of nitrogens with zero attached hydrogens (tertiary/aromatic N) is 1. The molecule has 1 unspecified atom stereocenters. The van der Waals surface area contributed by atoms with Gasteiger partial charge in [0.2, 0.25) is 29.5 Å². The minimum Gasteiger partial charge on any atom is -0.344 e. The van der Waals surface area contributed by atoms with E-state index >= 15 is 0 Å². The molecule has 1 saturated heterocycles. The van der Waals surface area contributed by atoms with Gasteiger partial charge in [0.25, 0.3) is 0 Å². The summed E-state index contributed by atoms with van der Waals surface area (Å²) < 4.78 is 0. The molecular formula is C33H45N5O5. The Labute approximate surface area is 254 Å². The van der Waals surface area contributed by atoms with Crippen LogP contribution in [-0.4, -0.2) is 59.6 Å². The van der Waals surface area contributed by atoms with Gasteiger partial charge in [-0.1, -0.05) is 61.4 Å². The molecule has 0 aliphatic carbocycles. The number of anilines is 1. The number of hydrogen-bond donors (Lipinski definition) is 4. The van der Waals surface area contributed by atoms with Gasteiger partial charge in [-0.15, -0.1) is 0 Å². The number of likely N-dealkylation sites (tertiary alicyclic amines) is 1. The van der Waals surface area contributed by atoms with E-state index in [-0.39, 0.29) is 48.8 Å². The van der Waals surface area contributed by atoms with Crippen molar-refractivity contribution in [2.24, 2.45) is 11.7 Å². The zero-order chi connectivity index (χ0) is 31.2. The second kappa shape index (κ2) is 17.2. The van der Waals surface area contributed by atoms with E-state index in [1.807, 2.05) is 61.5 Å². The molecule has 1 aliphatic heterocycles. The van der Waals surface area contributed by atoms with Crippen LogP contribution in [0.2, 0.25) is 0 Å². The molecular weight excluding hydrogens is 546 g/mol.